The molecule has 0 radical (unpaired) electrons. The van der Waals surface area contributed by atoms with Crippen LogP contribution in [0, 0.1) is 5.92 Å². The summed E-state index contributed by atoms with van der Waals surface area (Å²) in [7, 11) is 0. The first-order valence-electron chi connectivity index (χ1n) is 9.37. The summed E-state index contributed by atoms with van der Waals surface area (Å²) in [6.45, 7) is 3.95. The van der Waals surface area contributed by atoms with Gasteiger partial charge in [-0.25, -0.2) is 9.86 Å². The molecule has 0 aliphatic carbocycles. The lowest BCUT2D eigenvalue weighted by atomic mass is 9.89. The number of thiophene rings is 1. The molecule has 29 heavy (non-hydrogen) atoms. The van der Waals surface area contributed by atoms with Gasteiger partial charge in [-0.05, 0) is 41.7 Å². The van der Waals surface area contributed by atoms with Crippen LogP contribution in [0.4, 0.5) is 13.2 Å². The van der Waals surface area contributed by atoms with Crippen LogP contribution in [0.3, 0.4) is 0 Å². The summed E-state index contributed by atoms with van der Waals surface area (Å²) in [5, 5.41) is 13.0. The van der Waals surface area contributed by atoms with E-state index in [1.54, 1.807) is 16.4 Å². The molecular formula is C18H23F3N2O5S. The predicted molar refractivity (Wildman–Crippen MR) is 97.0 cm³/mol. The summed E-state index contributed by atoms with van der Waals surface area (Å²) in [5.41, 5.74) is 1.33. The van der Waals surface area contributed by atoms with Gasteiger partial charge in [0.25, 0.3) is 5.91 Å². The zero-order chi connectivity index (χ0) is 21.0. The van der Waals surface area contributed by atoms with Gasteiger partial charge >= 0.3 is 12.1 Å². The van der Waals surface area contributed by atoms with Crippen LogP contribution in [0.15, 0.2) is 16.8 Å². The fourth-order valence-corrected chi connectivity index (χ4v) is 4.52. The van der Waals surface area contributed by atoms with Gasteiger partial charge in [-0.15, -0.1) is 0 Å². The number of carbonyl (C=O) groups excluding carboxylic acids is 1. The van der Waals surface area contributed by atoms with Crippen LogP contribution >= 0.6 is 11.3 Å². The lowest BCUT2D eigenvalue weighted by Gasteiger charge is -2.40. The summed E-state index contributed by atoms with van der Waals surface area (Å²) in [6, 6.07) is 2.63. The second-order valence-corrected chi connectivity index (χ2v) is 7.97. The van der Waals surface area contributed by atoms with Crippen LogP contribution in [0.5, 0.6) is 0 Å². The second-order valence-electron chi connectivity index (χ2n) is 7.19. The Kier molecular flexibility index (Phi) is 7.14. The van der Waals surface area contributed by atoms with Gasteiger partial charge in [-0.3, -0.25) is 14.5 Å². The Morgan fingerprint density at radius 2 is 2.07 bits per heavy atom. The van der Waals surface area contributed by atoms with Crippen molar-refractivity contribution in [2.24, 2.45) is 5.92 Å². The third-order valence-corrected chi connectivity index (χ3v) is 5.90. The number of fused-ring (bicyclic) bond motifs is 1. The molecule has 1 N–H and O–H groups in total. The SMILES string of the molecule is O=C(O)C(F)(F)F.O=C([C@H]1C[C@H]2OCC[C@H]2N(Cc2ccsc2)C1)N1CCCO1. The molecule has 7 nitrogen and oxygen atoms in total. The quantitative estimate of drug-likeness (QED) is 0.785. The molecule has 0 unspecified atom stereocenters. The molecule has 4 heterocycles. The average molecular weight is 436 g/mol. The van der Waals surface area contributed by atoms with Crippen LogP contribution in [0.2, 0.25) is 0 Å². The Hall–Kier alpha value is -1.69. The number of carboxylic acids is 1. The average Bonchev–Trinajstić information content (AvgIpc) is 3.42. The summed E-state index contributed by atoms with van der Waals surface area (Å²) < 4.78 is 37.6. The number of hydrogen-bond donors (Lipinski definition) is 1. The highest BCUT2D eigenvalue weighted by molar-refractivity contribution is 7.07. The van der Waals surface area contributed by atoms with Crippen molar-refractivity contribution in [3.8, 4) is 0 Å². The molecule has 3 atom stereocenters. The van der Waals surface area contributed by atoms with E-state index in [-0.39, 0.29) is 17.9 Å². The molecule has 3 aliphatic heterocycles. The minimum absolute atomic E-state index is 0.00362. The molecule has 1 amide bonds. The number of piperidine rings is 1. The van der Waals surface area contributed by atoms with Crippen LogP contribution in [0.1, 0.15) is 24.8 Å². The number of nitrogens with zero attached hydrogens (tertiary/aromatic N) is 2. The lowest BCUT2D eigenvalue weighted by Crippen LogP contribution is -2.52. The Bertz CT molecular complexity index is 694. The normalized spacial score (nSPS) is 27.3. The minimum Gasteiger partial charge on any atom is -0.475 e. The standard InChI is InChI=1S/C16H22N2O3S.C2HF3O2/c19-16(18-4-1-5-21-18)13-8-15-14(2-6-20-15)17(10-13)9-12-3-7-22-11-12;3-2(4,5)1(6)7/h3,7,11,13-15H,1-2,4-6,8-10H2;(H,6,7)/t13-,14+,15+;/m0./s1. The minimum atomic E-state index is -5.08. The van der Waals surface area contributed by atoms with E-state index in [0.717, 1.165) is 45.5 Å². The van der Waals surface area contributed by atoms with E-state index in [9.17, 15) is 18.0 Å². The molecule has 162 valence electrons. The molecule has 0 bridgehead atoms. The van der Waals surface area contributed by atoms with Crippen molar-refractivity contribution in [1.82, 2.24) is 9.96 Å². The van der Waals surface area contributed by atoms with E-state index < -0.39 is 12.1 Å². The van der Waals surface area contributed by atoms with Crippen molar-refractivity contribution in [2.75, 3.05) is 26.3 Å². The third-order valence-electron chi connectivity index (χ3n) is 5.17. The van der Waals surface area contributed by atoms with Gasteiger partial charge in [0.05, 0.1) is 25.2 Å². The Balaban J connectivity index is 0.000000298. The number of carbonyl (C=O) groups is 2. The first-order valence-corrected chi connectivity index (χ1v) is 10.3. The van der Waals surface area contributed by atoms with E-state index in [4.69, 9.17) is 19.5 Å². The number of hydroxylamine groups is 2. The predicted octanol–water partition coefficient (Wildman–Crippen LogP) is 2.52. The molecule has 3 fully saturated rings. The van der Waals surface area contributed by atoms with Crippen LogP contribution in [-0.2, 0) is 25.7 Å². The zero-order valence-electron chi connectivity index (χ0n) is 15.6. The summed E-state index contributed by atoms with van der Waals surface area (Å²) >= 11 is 1.73. The van der Waals surface area contributed by atoms with E-state index >= 15 is 0 Å². The van der Waals surface area contributed by atoms with Gasteiger partial charge in [0.15, 0.2) is 0 Å². The third kappa shape index (κ3) is 5.68. The first-order chi connectivity index (χ1) is 13.8. The number of aliphatic carboxylic acids is 1. The molecule has 4 rings (SSSR count). The van der Waals surface area contributed by atoms with Crippen LogP contribution in [0.25, 0.3) is 0 Å². The maximum atomic E-state index is 12.7. The maximum Gasteiger partial charge on any atom is 0.490 e. The van der Waals surface area contributed by atoms with Crippen molar-refractivity contribution in [3.05, 3.63) is 22.4 Å². The number of halogens is 3. The van der Waals surface area contributed by atoms with Gasteiger partial charge in [0.2, 0.25) is 0 Å². The van der Waals surface area contributed by atoms with Gasteiger partial charge in [-0.1, -0.05) is 0 Å². The fraction of sp³-hybridized carbons (Fsp3) is 0.667. The summed E-state index contributed by atoms with van der Waals surface area (Å²) in [4.78, 5) is 29.4. The maximum absolute atomic E-state index is 12.7. The molecular weight excluding hydrogens is 413 g/mol. The largest absolute Gasteiger partial charge is 0.490 e. The number of ether oxygens (including phenoxy) is 1. The van der Waals surface area contributed by atoms with E-state index in [1.807, 2.05) is 0 Å². The van der Waals surface area contributed by atoms with Gasteiger partial charge in [0.1, 0.15) is 0 Å². The highest BCUT2D eigenvalue weighted by atomic mass is 32.1. The van der Waals surface area contributed by atoms with Crippen molar-refractivity contribution in [1.29, 1.82) is 0 Å². The number of amides is 1. The monoisotopic (exact) mass is 436 g/mol. The Morgan fingerprint density at radius 3 is 2.66 bits per heavy atom. The topological polar surface area (TPSA) is 79.3 Å². The van der Waals surface area contributed by atoms with Crippen LogP contribution < -0.4 is 0 Å². The van der Waals surface area contributed by atoms with E-state index in [1.165, 1.54) is 5.56 Å². The van der Waals surface area contributed by atoms with Gasteiger partial charge in [0, 0.05) is 25.7 Å². The first kappa shape index (κ1) is 22.0. The highest BCUT2D eigenvalue weighted by Crippen LogP contribution is 2.33. The van der Waals surface area contributed by atoms with Gasteiger partial charge < -0.3 is 9.84 Å². The van der Waals surface area contributed by atoms with Crippen molar-refractivity contribution < 1.29 is 37.4 Å². The highest BCUT2D eigenvalue weighted by Gasteiger charge is 2.43. The molecule has 0 spiro atoms. The molecule has 3 aliphatic rings. The molecule has 11 heteroatoms. The molecule has 1 aromatic rings. The number of hydrogen-bond acceptors (Lipinski definition) is 6. The number of carboxylic acid groups (broad SMARTS) is 1. The van der Waals surface area contributed by atoms with Crippen molar-refractivity contribution in [2.45, 2.75) is 44.1 Å². The van der Waals surface area contributed by atoms with Crippen molar-refractivity contribution >= 4 is 23.2 Å². The molecule has 1 aromatic heterocycles. The fourth-order valence-electron chi connectivity index (χ4n) is 3.86. The van der Waals surface area contributed by atoms with Crippen LogP contribution in [-0.4, -0.2) is 71.6 Å². The Labute approximate surface area is 169 Å². The second kappa shape index (κ2) is 9.41. The number of rotatable bonds is 3. The lowest BCUT2D eigenvalue weighted by molar-refractivity contribution is -0.192. The van der Waals surface area contributed by atoms with E-state index in [2.05, 4.69) is 21.7 Å². The molecule has 3 saturated heterocycles. The molecule has 0 saturated carbocycles. The van der Waals surface area contributed by atoms with E-state index in [0.29, 0.717) is 12.6 Å². The summed E-state index contributed by atoms with van der Waals surface area (Å²) in [6.07, 6.45) is -2.03. The zero-order valence-corrected chi connectivity index (χ0v) is 16.5. The number of alkyl halides is 3. The smallest absolute Gasteiger partial charge is 0.475 e. The summed E-state index contributed by atoms with van der Waals surface area (Å²) in [5.74, 6) is -2.62. The number of likely N-dealkylation sites (tertiary alicyclic amines) is 1. The van der Waals surface area contributed by atoms with Gasteiger partial charge in [-0.2, -0.15) is 24.5 Å². The van der Waals surface area contributed by atoms with Crippen molar-refractivity contribution in [3.63, 3.8) is 0 Å². The molecule has 0 aromatic carbocycles. The Morgan fingerprint density at radius 1 is 1.31 bits per heavy atom.